The highest BCUT2D eigenvalue weighted by Crippen LogP contribution is 2.26. The van der Waals surface area contributed by atoms with E-state index in [0.29, 0.717) is 18.9 Å². The SMILES string of the molecule is CC1(NC(=O)CC2CCCCC2N)CCCOC1. The molecular weight excluding hydrogens is 228 g/mol. The lowest BCUT2D eigenvalue weighted by atomic mass is 9.82. The molecule has 3 unspecified atom stereocenters. The minimum Gasteiger partial charge on any atom is -0.379 e. The van der Waals surface area contributed by atoms with Gasteiger partial charge in [0.05, 0.1) is 12.1 Å². The normalized spacial score (nSPS) is 37.2. The van der Waals surface area contributed by atoms with E-state index in [-0.39, 0.29) is 17.5 Å². The Morgan fingerprint density at radius 1 is 1.39 bits per heavy atom. The summed E-state index contributed by atoms with van der Waals surface area (Å²) < 4.78 is 5.46. The summed E-state index contributed by atoms with van der Waals surface area (Å²) in [7, 11) is 0. The molecule has 0 aromatic rings. The van der Waals surface area contributed by atoms with E-state index in [1.165, 1.54) is 12.8 Å². The van der Waals surface area contributed by atoms with Crippen LogP contribution in [0.2, 0.25) is 0 Å². The lowest BCUT2D eigenvalue weighted by molar-refractivity contribution is -0.126. The highest BCUT2D eigenvalue weighted by Gasteiger charge is 2.31. The Kier molecular flexibility index (Phi) is 4.62. The number of hydrogen-bond donors (Lipinski definition) is 2. The van der Waals surface area contributed by atoms with Gasteiger partial charge in [-0.2, -0.15) is 0 Å². The zero-order valence-corrected chi connectivity index (χ0v) is 11.4. The molecule has 1 heterocycles. The van der Waals surface area contributed by atoms with Crippen LogP contribution >= 0.6 is 0 Å². The van der Waals surface area contributed by atoms with Gasteiger partial charge in [-0.05, 0) is 38.5 Å². The molecule has 3 N–H and O–H groups in total. The van der Waals surface area contributed by atoms with Crippen LogP contribution < -0.4 is 11.1 Å². The van der Waals surface area contributed by atoms with Crippen molar-refractivity contribution < 1.29 is 9.53 Å². The molecule has 1 amide bonds. The Hall–Kier alpha value is -0.610. The van der Waals surface area contributed by atoms with Gasteiger partial charge in [-0.15, -0.1) is 0 Å². The number of rotatable bonds is 3. The van der Waals surface area contributed by atoms with E-state index in [9.17, 15) is 4.79 Å². The van der Waals surface area contributed by atoms with Gasteiger partial charge in [-0.1, -0.05) is 12.8 Å². The van der Waals surface area contributed by atoms with Gasteiger partial charge in [0.15, 0.2) is 0 Å². The third kappa shape index (κ3) is 3.69. The molecule has 0 aromatic carbocycles. The van der Waals surface area contributed by atoms with Crippen LogP contribution in [0.5, 0.6) is 0 Å². The predicted molar refractivity (Wildman–Crippen MR) is 71.2 cm³/mol. The first kappa shape index (κ1) is 13.8. The van der Waals surface area contributed by atoms with Crippen molar-refractivity contribution in [2.75, 3.05) is 13.2 Å². The monoisotopic (exact) mass is 254 g/mol. The van der Waals surface area contributed by atoms with Gasteiger partial charge in [0.1, 0.15) is 0 Å². The van der Waals surface area contributed by atoms with Crippen LogP contribution in [0.4, 0.5) is 0 Å². The topological polar surface area (TPSA) is 64.4 Å². The quantitative estimate of drug-likeness (QED) is 0.803. The summed E-state index contributed by atoms with van der Waals surface area (Å²) in [5, 5.41) is 3.14. The van der Waals surface area contributed by atoms with E-state index in [0.717, 1.165) is 32.3 Å². The Morgan fingerprint density at radius 2 is 2.17 bits per heavy atom. The van der Waals surface area contributed by atoms with Crippen LogP contribution in [0.3, 0.4) is 0 Å². The van der Waals surface area contributed by atoms with Crippen molar-refractivity contribution in [3.8, 4) is 0 Å². The minimum atomic E-state index is -0.173. The van der Waals surface area contributed by atoms with Gasteiger partial charge in [-0.25, -0.2) is 0 Å². The third-order valence-electron chi connectivity index (χ3n) is 4.29. The molecule has 3 atom stereocenters. The molecule has 1 aliphatic carbocycles. The second kappa shape index (κ2) is 6.02. The maximum Gasteiger partial charge on any atom is 0.220 e. The van der Waals surface area contributed by atoms with Gasteiger partial charge in [0, 0.05) is 19.1 Å². The molecular formula is C14H26N2O2. The number of nitrogens with two attached hydrogens (primary N) is 1. The number of carbonyl (C=O) groups is 1. The van der Waals surface area contributed by atoms with Crippen molar-refractivity contribution in [3.63, 3.8) is 0 Å². The predicted octanol–water partition coefficient (Wildman–Crippen LogP) is 1.58. The van der Waals surface area contributed by atoms with Crippen LogP contribution in [0.1, 0.15) is 51.9 Å². The van der Waals surface area contributed by atoms with Crippen molar-refractivity contribution in [2.45, 2.75) is 63.5 Å². The van der Waals surface area contributed by atoms with Crippen molar-refractivity contribution in [3.05, 3.63) is 0 Å². The lowest BCUT2D eigenvalue weighted by Gasteiger charge is -2.35. The van der Waals surface area contributed by atoms with Crippen LogP contribution in [-0.4, -0.2) is 30.7 Å². The van der Waals surface area contributed by atoms with Crippen molar-refractivity contribution in [1.82, 2.24) is 5.32 Å². The fraction of sp³-hybridized carbons (Fsp3) is 0.929. The van der Waals surface area contributed by atoms with Gasteiger partial charge >= 0.3 is 0 Å². The summed E-state index contributed by atoms with van der Waals surface area (Å²) in [6.07, 6.45) is 7.21. The van der Waals surface area contributed by atoms with E-state index < -0.39 is 0 Å². The summed E-state index contributed by atoms with van der Waals surface area (Å²) in [5.41, 5.74) is 5.92. The second-order valence-electron chi connectivity index (χ2n) is 6.18. The van der Waals surface area contributed by atoms with Crippen LogP contribution in [0.25, 0.3) is 0 Å². The molecule has 0 bridgehead atoms. The molecule has 104 valence electrons. The molecule has 18 heavy (non-hydrogen) atoms. The highest BCUT2D eigenvalue weighted by molar-refractivity contribution is 5.77. The summed E-state index contributed by atoms with van der Waals surface area (Å²) in [5.74, 6) is 0.511. The average Bonchev–Trinajstić information content (AvgIpc) is 2.32. The Bertz CT molecular complexity index is 288. The van der Waals surface area contributed by atoms with Gasteiger partial charge in [0.2, 0.25) is 5.91 Å². The van der Waals surface area contributed by atoms with Crippen LogP contribution in [0, 0.1) is 5.92 Å². The lowest BCUT2D eigenvalue weighted by Crippen LogP contribution is -2.52. The first-order valence-electron chi connectivity index (χ1n) is 7.23. The van der Waals surface area contributed by atoms with Crippen LogP contribution in [0.15, 0.2) is 0 Å². The Morgan fingerprint density at radius 3 is 2.83 bits per heavy atom. The van der Waals surface area contributed by atoms with Gasteiger partial charge < -0.3 is 15.8 Å². The van der Waals surface area contributed by atoms with E-state index in [4.69, 9.17) is 10.5 Å². The van der Waals surface area contributed by atoms with Crippen LogP contribution in [-0.2, 0) is 9.53 Å². The molecule has 1 saturated carbocycles. The number of hydrogen-bond acceptors (Lipinski definition) is 3. The molecule has 2 rings (SSSR count). The number of ether oxygens (including phenoxy) is 1. The standard InChI is InChI=1S/C14H26N2O2/c1-14(7-4-8-18-10-14)16-13(17)9-11-5-2-3-6-12(11)15/h11-12H,2-10,15H2,1H3,(H,16,17). The average molecular weight is 254 g/mol. The molecule has 1 saturated heterocycles. The maximum atomic E-state index is 12.1. The van der Waals surface area contributed by atoms with E-state index in [2.05, 4.69) is 12.2 Å². The summed E-state index contributed by atoms with van der Waals surface area (Å²) in [6, 6.07) is 0.208. The number of nitrogens with one attached hydrogen (secondary N) is 1. The first-order valence-corrected chi connectivity index (χ1v) is 7.23. The molecule has 4 nitrogen and oxygen atoms in total. The van der Waals surface area contributed by atoms with E-state index in [1.54, 1.807) is 0 Å². The molecule has 0 spiro atoms. The molecule has 2 fully saturated rings. The molecule has 4 heteroatoms. The highest BCUT2D eigenvalue weighted by atomic mass is 16.5. The number of amides is 1. The summed E-state index contributed by atoms with van der Waals surface area (Å²) in [6.45, 7) is 3.53. The molecule has 1 aliphatic heterocycles. The van der Waals surface area contributed by atoms with Gasteiger partial charge in [-0.3, -0.25) is 4.79 Å². The van der Waals surface area contributed by atoms with Gasteiger partial charge in [0.25, 0.3) is 0 Å². The summed E-state index contributed by atoms with van der Waals surface area (Å²) >= 11 is 0. The smallest absolute Gasteiger partial charge is 0.220 e. The fourth-order valence-corrected chi connectivity index (χ4v) is 3.15. The van der Waals surface area contributed by atoms with Crippen molar-refractivity contribution in [1.29, 1.82) is 0 Å². The molecule has 0 radical (unpaired) electrons. The summed E-state index contributed by atoms with van der Waals surface area (Å²) in [4.78, 5) is 12.1. The van der Waals surface area contributed by atoms with E-state index in [1.807, 2.05) is 0 Å². The first-order chi connectivity index (χ1) is 8.59. The van der Waals surface area contributed by atoms with E-state index >= 15 is 0 Å². The number of carbonyl (C=O) groups excluding carboxylic acids is 1. The zero-order chi connectivity index (χ0) is 13.0. The second-order valence-corrected chi connectivity index (χ2v) is 6.18. The Balaban J connectivity index is 1.80. The van der Waals surface area contributed by atoms with Crippen molar-refractivity contribution >= 4 is 5.91 Å². The maximum absolute atomic E-state index is 12.1. The molecule has 2 aliphatic rings. The van der Waals surface area contributed by atoms with Crippen molar-refractivity contribution in [2.24, 2.45) is 11.7 Å². The Labute approximate surface area is 110 Å². The minimum absolute atomic E-state index is 0.144. The molecule has 0 aromatic heterocycles. The fourth-order valence-electron chi connectivity index (χ4n) is 3.15. The third-order valence-corrected chi connectivity index (χ3v) is 4.29. The zero-order valence-electron chi connectivity index (χ0n) is 11.4. The largest absolute Gasteiger partial charge is 0.379 e.